The van der Waals surface area contributed by atoms with Gasteiger partial charge in [-0.05, 0) is 38.0 Å². The standard InChI is InChI=1S/C15H25NO4S/c1-11(2)13-5-4-7-16(8-6-13)21(18,19)15-9-14(10-17)20-12(15)3/h9,11,13,17H,4-8,10H2,1-3H3. The summed E-state index contributed by atoms with van der Waals surface area (Å²) in [5.74, 6) is 1.82. The average molecular weight is 315 g/mol. The van der Waals surface area contributed by atoms with E-state index >= 15 is 0 Å². The van der Waals surface area contributed by atoms with E-state index in [1.807, 2.05) is 0 Å². The van der Waals surface area contributed by atoms with E-state index < -0.39 is 10.0 Å². The van der Waals surface area contributed by atoms with Crippen molar-refractivity contribution in [3.8, 4) is 0 Å². The Hall–Kier alpha value is -0.850. The largest absolute Gasteiger partial charge is 0.462 e. The van der Waals surface area contributed by atoms with Crippen LogP contribution in [-0.2, 0) is 16.6 Å². The molecule has 5 nitrogen and oxygen atoms in total. The Morgan fingerprint density at radius 2 is 2.10 bits per heavy atom. The molecule has 21 heavy (non-hydrogen) atoms. The van der Waals surface area contributed by atoms with Crippen molar-refractivity contribution in [2.24, 2.45) is 11.8 Å². The normalized spacial score (nSPS) is 21.7. The molecule has 1 aliphatic rings. The van der Waals surface area contributed by atoms with Crippen molar-refractivity contribution in [1.82, 2.24) is 4.31 Å². The van der Waals surface area contributed by atoms with Crippen LogP contribution in [0.3, 0.4) is 0 Å². The maximum absolute atomic E-state index is 12.8. The molecule has 0 saturated carbocycles. The zero-order valence-corrected chi connectivity index (χ0v) is 13.8. The highest BCUT2D eigenvalue weighted by Crippen LogP contribution is 2.29. The second kappa shape index (κ2) is 6.50. The highest BCUT2D eigenvalue weighted by Gasteiger charge is 2.31. The third-order valence-electron chi connectivity index (χ3n) is 4.37. The minimum Gasteiger partial charge on any atom is -0.462 e. The van der Waals surface area contributed by atoms with Crippen molar-refractivity contribution in [2.75, 3.05) is 13.1 Å². The molecule has 2 heterocycles. The second-order valence-corrected chi connectivity index (χ2v) is 8.04. The third kappa shape index (κ3) is 3.49. The fourth-order valence-corrected chi connectivity index (χ4v) is 4.68. The summed E-state index contributed by atoms with van der Waals surface area (Å²) in [5, 5.41) is 9.09. The SMILES string of the molecule is Cc1oc(CO)cc1S(=O)(=O)N1CCCC(C(C)C)CC1. The molecule has 0 bridgehead atoms. The summed E-state index contributed by atoms with van der Waals surface area (Å²) >= 11 is 0. The number of hydrogen-bond donors (Lipinski definition) is 1. The summed E-state index contributed by atoms with van der Waals surface area (Å²) in [6.07, 6.45) is 2.88. The van der Waals surface area contributed by atoms with E-state index in [0.29, 0.717) is 36.4 Å². The lowest BCUT2D eigenvalue weighted by Crippen LogP contribution is -2.32. The topological polar surface area (TPSA) is 70.8 Å². The molecular formula is C15H25NO4S. The van der Waals surface area contributed by atoms with E-state index in [2.05, 4.69) is 13.8 Å². The highest BCUT2D eigenvalue weighted by molar-refractivity contribution is 7.89. The summed E-state index contributed by atoms with van der Waals surface area (Å²) in [5.41, 5.74) is 0. The molecule has 1 fully saturated rings. The van der Waals surface area contributed by atoms with Crippen LogP contribution in [0.4, 0.5) is 0 Å². The Morgan fingerprint density at radius 1 is 1.38 bits per heavy atom. The fraction of sp³-hybridized carbons (Fsp3) is 0.733. The summed E-state index contributed by atoms with van der Waals surface area (Å²) in [4.78, 5) is 0.189. The smallest absolute Gasteiger partial charge is 0.246 e. The van der Waals surface area contributed by atoms with E-state index in [-0.39, 0.29) is 11.5 Å². The number of aliphatic hydroxyl groups excluding tert-OH is 1. The molecule has 1 saturated heterocycles. The van der Waals surface area contributed by atoms with Crippen LogP contribution < -0.4 is 0 Å². The molecule has 1 aromatic rings. The van der Waals surface area contributed by atoms with E-state index in [0.717, 1.165) is 19.3 Å². The lowest BCUT2D eigenvalue weighted by molar-refractivity contribution is 0.244. The Labute approximate surface area is 127 Å². The zero-order chi connectivity index (χ0) is 15.6. The molecule has 0 amide bonds. The van der Waals surface area contributed by atoms with Crippen molar-refractivity contribution in [3.63, 3.8) is 0 Å². The van der Waals surface area contributed by atoms with E-state index in [1.165, 1.54) is 6.07 Å². The van der Waals surface area contributed by atoms with Crippen LogP contribution in [0.1, 0.15) is 44.6 Å². The molecule has 0 aliphatic carbocycles. The molecule has 1 aliphatic heterocycles. The molecule has 1 atom stereocenters. The number of furan rings is 1. The molecule has 0 spiro atoms. The summed E-state index contributed by atoms with van der Waals surface area (Å²) in [6, 6.07) is 1.44. The first-order valence-electron chi connectivity index (χ1n) is 7.56. The summed E-state index contributed by atoms with van der Waals surface area (Å²) < 4.78 is 32.3. The van der Waals surface area contributed by atoms with Crippen LogP contribution in [0, 0.1) is 18.8 Å². The molecule has 2 rings (SSSR count). The first kappa shape index (κ1) is 16.5. The van der Waals surface area contributed by atoms with Gasteiger partial charge in [-0.15, -0.1) is 0 Å². The van der Waals surface area contributed by atoms with Gasteiger partial charge in [-0.3, -0.25) is 0 Å². The maximum Gasteiger partial charge on any atom is 0.246 e. The Morgan fingerprint density at radius 3 is 2.67 bits per heavy atom. The van der Waals surface area contributed by atoms with Crippen LogP contribution in [0.25, 0.3) is 0 Å². The van der Waals surface area contributed by atoms with Gasteiger partial charge in [0.15, 0.2) is 0 Å². The van der Waals surface area contributed by atoms with Gasteiger partial charge in [0.05, 0.1) is 0 Å². The minimum absolute atomic E-state index is 0.189. The molecule has 0 aromatic carbocycles. The minimum atomic E-state index is -3.53. The van der Waals surface area contributed by atoms with Crippen molar-refractivity contribution >= 4 is 10.0 Å². The van der Waals surface area contributed by atoms with Gasteiger partial charge in [0, 0.05) is 19.2 Å². The first-order valence-corrected chi connectivity index (χ1v) is 9.00. The van der Waals surface area contributed by atoms with E-state index in [9.17, 15) is 8.42 Å². The quantitative estimate of drug-likeness (QED) is 0.927. The number of sulfonamides is 1. The molecule has 0 radical (unpaired) electrons. The van der Waals surface area contributed by atoms with Gasteiger partial charge in [0.2, 0.25) is 10.0 Å². The Kier molecular flexibility index (Phi) is 5.11. The van der Waals surface area contributed by atoms with Gasteiger partial charge in [0.25, 0.3) is 0 Å². The van der Waals surface area contributed by atoms with E-state index in [1.54, 1.807) is 11.2 Å². The molecule has 1 aromatic heterocycles. The Balaban J connectivity index is 2.21. The number of aliphatic hydroxyl groups is 1. The molecular weight excluding hydrogens is 290 g/mol. The van der Waals surface area contributed by atoms with Gasteiger partial charge in [-0.25, -0.2) is 8.42 Å². The molecule has 1 N–H and O–H groups in total. The fourth-order valence-electron chi connectivity index (χ4n) is 3.00. The van der Waals surface area contributed by atoms with Gasteiger partial charge >= 0.3 is 0 Å². The second-order valence-electron chi connectivity index (χ2n) is 6.13. The van der Waals surface area contributed by atoms with Crippen molar-refractivity contribution in [3.05, 3.63) is 17.6 Å². The monoisotopic (exact) mass is 315 g/mol. The van der Waals surface area contributed by atoms with Crippen LogP contribution >= 0.6 is 0 Å². The summed E-state index contributed by atoms with van der Waals surface area (Å²) in [7, 11) is -3.53. The van der Waals surface area contributed by atoms with Crippen LogP contribution in [-0.4, -0.2) is 30.9 Å². The molecule has 6 heteroatoms. The number of hydrogen-bond acceptors (Lipinski definition) is 4. The van der Waals surface area contributed by atoms with Crippen molar-refractivity contribution in [1.29, 1.82) is 0 Å². The molecule has 1 unspecified atom stereocenters. The van der Waals surface area contributed by atoms with Gasteiger partial charge in [0.1, 0.15) is 23.0 Å². The lowest BCUT2D eigenvalue weighted by atomic mass is 9.89. The highest BCUT2D eigenvalue weighted by atomic mass is 32.2. The van der Waals surface area contributed by atoms with Gasteiger partial charge < -0.3 is 9.52 Å². The Bertz CT molecular complexity index is 576. The van der Waals surface area contributed by atoms with Crippen LogP contribution in [0.15, 0.2) is 15.4 Å². The predicted molar refractivity (Wildman–Crippen MR) is 80.3 cm³/mol. The van der Waals surface area contributed by atoms with Gasteiger partial charge in [-0.2, -0.15) is 4.31 Å². The lowest BCUT2D eigenvalue weighted by Gasteiger charge is -2.20. The van der Waals surface area contributed by atoms with Crippen molar-refractivity contribution < 1.29 is 17.9 Å². The third-order valence-corrected chi connectivity index (χ3v) is 6.38. The van der Waals surface area contributed by atoms with Crippen LogP contribution in [0.2, 0.25) is 0 Å². The molecule has 120 valence electrons. The predicted octanol–water partition coefficient (Wildman–Crippen LogP) is 2.53. The van der Waals surface area contributed by atoms with Crippen molar-refractivity contribution in [2.45, 2.75) is 51.5 Å². The number of aryl methyl sites for hydroxylation is 1. The average Bonchev–Trinajstić information content (AvgIpc) is 2.65. The summed E-state index contributed by atoms with van der Waals surface area (Å²) in [6.45, 7) is 6.85. The van der Waals surface area contributed by atoms with Gasteiger partial charge in [-0.1, -0.05) is 13.8 Å². The zero-order valence-electron chi connectivity index (χ0n) is 13.0. The maximum atomic E-state index is 12.8. The van der Waals surface area contributed by atoms with E-state index in [4.69, 9.17) is 9.52 Å². The van der Waals surface area contributed by atoms with Crippen LogP contribution in [0.5, 0.6) is 0 Å². The first-order chi connectivity index (χ1) is 9.86. The number of rotatable bonds is 4. The number of nitrogens with zero attached hydrogens (tertiary/aromatic N) is 1.